The van der Waals surface area contributed by atoms with Crippen molar-refractivity contribution in [1.82, 2.24) is 4.90 Å². The minimum Gasteiger partial charge on any atom is -0.489 e. The van der Waals surface area contributed by atoms with Crippen molar-refractivity contribution in [1.29, 1.82) is 0 Å². The summed E-state index contributed by atoms with van der Waals surface area (Å²) in [5.74, 6) is -0.185. The summed E-state index contributed by atoms with van der Waals surface area (Å²) < 4.78 is 40.3. The van der Waals surface area contributed by atoms with E-state index >= 15 is 0 Å². The fourth-order valence-corrected chi connectivity index (χ4v) is 2.93. The zero-order valence-electron chi connectivity index (χ0n) is 15.1. The molecule has 0 bridgehead atoms. The number of methoxy groups -OCH3 is 1. The highest BCUT2D eigenvalue weighted by Gasteiger charge is 2.34. The second-order valence-corrected chi connectivity index (χ2v) is 6.60. The van der Waals surface area contributed by atoms with Crippen molar-refractivity contribution in [3.63, 3.8) is 0 Å². The van der Waals surface area contributed by atoms with E-state index < -0.39 is 18.6 Å². The van der Waals surface area contributed by atoms with Gasteiger partial charge in [0.1, 0.15) is 6.04 Å². The fourth-order valence-electron chi connectivity index (χ4n) is 2.93. The van der Waals surface area contributed by atoms with Gasteiger partial charge in [-0.3, -0.25) is 4.79 Å². The molecule has 0 radical (unpaired) electrons. The summed E-state index contributed by atoms with van der Waals surface area (Å²) in [7, 11) is 1.26. The predicted octanol–water partition coefficient (Wildman–Crippen LogP) is 2.86. The Morgan fingerprint density at radius 1 is 1.26 bits per heavy atom. The smallest absolute Gasteiger partial charge is 0.387 e. The average Bonchev–Trinajstić information content (AvgIpc) is 3.35. The van der Waals surface area contributed by atoms with Crippen molar-refractivity contribution in [3.05, 3.63) is 29.8 Å². The molecule has 146 valence electrons. The zero-order valence-corrected chi connectivity index (χ0v) is 15.1. The largest absolute Gasteiger partial charge is 0.489 e. The molecule has 27 heavy (non-hydrogen) atoms. The van der Waals surface area contributed by atoms with Crippen LogP contribution in [0.15, 0.2) is 24.3 Å². The molecule has 0 spiro atoms. The first-order valence-electron chi connectivity index (χ1n) is 8.66. The first kappa shape index (κ1) is 19.1. The summed E-state index contributed by atoms with van der Waals surface area (Å²) >= 11 is 0. The number of rotatable bonds is 7. The summed E-state index contributed by atoms with van der Waals surface area (Å²) in [5, 5.41) is 0. The Morgan fingerprint density at radius 2 is 2.00 bits per heavy atom. The topological polar surface area (TPSA) is 65.1 Å². The Kier molecular flexibility index (Phi) is 5.62. The van der Waals surface area contributed by atoms with Crippen LogP contribution in [0.25, 0.3) is 5.57 Å². The molecule has 0 aromatic heterocycles. The van der Waals surface area contributed by atoms with E-state index in [1.165, 1.54) is 25.0 Å². The standard InChI is InChI=1S/C19H21F2NO5/c1-11(23)22-9-14(7-15(22)18(24)25-2)13-5-6-16(27-19(20)21)17(8-13)26-10-12-3-4-12/h5-8,12,15,19H,3-4,9-10H2,1-2H3. The van der Waals surface area contributed by atoms with E-state index in [0.717, 1.165) is 12.8 Å². The molecule has 3 rings (SSSR count). The van der Waals surface area contributed by atoms with Gasteiger partial charge in [-0.15, -0.1) is 0 Å². The van der Waals surface area contributed by atoms with Crippen LogP contribution in [0, 0.1) is 5.92 Å². The second kappa shape index (κ2) is 7.94. The van der Waals surface area contributed by atoms with Crippen LogP contribution in [0.2, 0.25) is 0 Å². The highest BCUT2D eigenvalue weighted by Crippen LogP contribution is 2.36. The number of esters is 1. The number of halogens is 2. The third kappa shape index (κ3) is 4.56. The number of amides is 1. The predicted molar refractivity (Wildman–Crippen MR) is 92.5 cm³/mol. The number of carbonyl (C=O) groups is 2. The van der Waals surface area contributed by atoms with E-state index in [9.17, 15) is 18.4 Å². The summed E-state index contributed by atoms with van der Waals surface area (Å²) in [6.45, 7) is -0.934. The minimum absolute atomic E-state index is 0.0408. The van der Waals surface area contributed by atoms with Gasteiger partial charge in [-0.25, -0.2) is 4.79 Å². The second-order valence-electron chi connectivity index (χ2n) is 6.60. The van der Waals surface area contributed by atoms with E-state index in [1.54, 1.807) is 18.2 Å². The molecule has 1 aromatic rings. The van der Waals surface area contributed by atoms with Gasteiger partial charge >= 0.3 is 12.6 Å². The summed E-state index contributed by atoms with van der Waals surface area (Å²) in [4.78, 5) is 25.2. The Morgan fingerprint density at radius 3 is 2.59 bits per heavy atom. The lowest BCUT2D eigenvalue weighted by Gasteiger charge is -2.21. The fraction of sp³-hybridized carbons (Fsp3) is 0.474. The highest BCUT2D eigenvalue weighted by molar-refractivity contribution is 5.91. The molecule has 1 aliphatic carbocycles. The van der Waals surface area contributed by atoms with Crippen molar-refractivity contribution >= 4 is 17.4 Å². The molecular weight excluding hydrogens is 360 g/mol. The van der Waals surface area contributed by atoms with Crippen LogP contribution in [0.4, 0.5) is 8.78 Å². The van der Waals surface area contributed by atoms with Gasteiger partial charge in [-0.1, -0.05) is 6.07 Å². The number of alkyl halides is 2. The van der Waals surface area contributed by atoms with E-state index in [1.807, 2.05) is 0 Å². The zero-order chi connectivity index (χ0) is 19.6. The van der Waals surface area contributed by atoms with Crippen molar-refractivity contribution in [2.45, 2.75) is 32.4 Å². The molecule has 1 aromatic carbocycles. The molecule has 0 N–H and O–H groups in total. The first-order chi connectivity index (χ1) is 12.9. The Bertz CT molecular complexity index is 760. The van der Waals surface area contributed by atoms with Gasteiger partial charge in [-0.2, -0.15) is 8.78 Å². The molecule has 1 heterocycles. The molecular formula is C19H21F2NO5. The SMILES string of the molecule is COC(=O)C1C=C(c2ccc(OC(F)F)c(OCC3CC3)c2)CN1C(C)=O. The Labute approximate surface area is 155 Å². The van der Waals surface area contributed by atoms with Crippen LogP contribution in [0.5, 0.6) is 11.5 Å². The van der Waals surface area contributed by atoms with E-state index in [4.69, 9.17) is 9.47 Å². The lowest BCUT2D eigenvalue weighted by Crippen LogP contribution is -2.40. The van der Waals surface area contributed by atoms with E-state index in [2.05, 4.69) is 4.74 Å². The third-order valence-electron chi connectivity index (χ3n) is 4.58. The van der Waals surface area contributed by atoms with Gasteiger partial charge in [0.05, 0.1) is 13.7 Å². The third-order valence-corrected chi connectivity index (χ3v) is 4.58. The van der Waals surface area contributed by atoms with Crippen molar-refractivity contribution in [2.75, 3.05) is 20.3 Å². The van der Waals surface area contributed by atoms with Crippen molar-refractivity contribution < 1.29 is 32.6 Å². The lowest BCUT2D eigenvalue weighted by molar-refractivity contribution is -0.148. The van der Waals surface area contributed by atoms with Crippen LogP contribution in [0.1, 0.15) is 25.3 Å². The minimum atomic E-state index is -2.96. The lowest BCUT2D eigenvalue weighted by atomic mass is 10.1. The quantitative estimate of drug-likeness (QED) is 0.680. The van der Waals surface area contributed by atoms with Gasteiger partial charge in [-0.05, 0) is 48.1 Å². The first-order valence-corrected chi connectivity index (χ1v) is 8.66. The number of nitrogens with zero attached hydrogens (tertiary/aromatic N) is 1. The van der Waals surface area contributed by atoms with Gasteiger partial charge in [0, 0.05) is 13.5 Å². The number of hydrogen-bond acceptors (Lipinski definition) is 5. The number of benzene rings is 1. The summed E-state index contributed by atoms with van der Waals surface area (Å²) in [5.41, 5.74) is 1.38. The van der Waals surface area contributed by atoms with Crippen LogP contribution >= 0.6 is 0 Å². The molecule has 6 nitrogen and oxygen atoms in total. The van der Waals surface area contributed by atoms with Crippen LogP contribution in [-0.2, 0) is 14.3 Å². The van der Waals surface area contributed by atoms with Crippen molar-refractivity contribution in [2.24, 2.45) is 5.92 Å². The normalized spacial score (nSPS) is 19.1. The van der Waals surface area contributed by atoms with E-state index in [-0.39, 0.29) is 24.0 Å². The number of ether oxygens (including phenoxy) is 3. The van der Waals surface area contributed by atoms with E-state index in [0.29, 0.717) is 23.7 Å². The molecule has 1 saturated carbocycles. The van der Waals surface area contributed by atoms with Crippen LogP contribution in [0.3, 0.4) is 0 Å². The molecule has 1 aliphatic heterocycles. The van der Waals surface area contributed by atoms with Gasteiger partial charge in [0.2, 0.25) is 5.91 Å². The number of carbonyl (C=O) groups excluding carboxylic acids is 2. The molecule has 1 amide bonds. The summed E-state index contributed by atoms with van der Waals surface area (Å²) in [6.07, 6.45) is 3.76. The maximum absolute atomic E-state index is 12.6. The molecule has 1 fully saturated rings. The van der Waals surface area contributed by atoms with Crippen LogP contribution < -0.4 is 9.47 Å². The monoisotopic (exact) mass is 381 g/mol. The molecule has 0 saturated heterocycles. The molecule has 8 heteroatoms. The Balaban J connectivity index is 1.87. The molecule has 1 atom stereocenters. The number of hydrogen-bond donors (Lipinski definition) is 0. The van der Waals surface area contributed by atoms with Crippen molar-refractivity contribution in [3.8, 4) is 11.5 Å². The highest BCUT2D eigenvalue weighted by atomic mass is 19.3. The average molecular weight is 381 g/mol. The Hall–Kier alpha value is -2.64. The summed E-state index contributed by atoms with van der Waals surface area (Å²) in [6, 6.07) is 3.80. The van der Waals surface area contributed by atoms with Crippen LogP contribution in [-0.4, -0.2) is 49.7 Å². The van der Waals surface area contributed by atoms with Gasteiger partial charge < -0.3 is 19.1 Å². The molecule has 1 unspecified atom stereocenters. The molecule has 2 aliphatic rings. The maximum atomic E-state index is 12.6. The van der Waals surface area contributed by atoms with Gasteiger partial charge in [0.25, 0.3) is 0 Å². The maximum Gasteiger partial charge on any atom is 0.387 e. The van der Waals surface area contributed by atoms with Gasteiger partial charge in [0.15, 0.2) is 11.5 Å².